The van der Waals surface area contributed by atoms with Gasteiger partial charge in [0.25, 0.3) is 0 Å². The van der Waals surface area contributed by atoms with Crippen LogP contribution in [-0.2, 0) is 21.6 Å². The van der Waals surface area contributed by atoms with Crippen LogP contribution in [0.4, 0.5) is 22.0 Å². The molecular formula is C27H25F5O4. The molecule has 3 aromatic rings. The minimum atomic E-state index is -3.93. The molecule has 9 heteroatoms. The molecule has 1 fully saturated rings. The fraction of sp³-hybridized carbons (Fsp3) is 0.333. The van der Waals surface area contributed by atoms with Crippen molar-refractivity contribution in [2.24, 2.45) is 5.41 Å². The first-order valence-corrected chi connectivity index (χ1v) is 11.4. The number of aliphatic hydroxyl groups is 1. The highest BCUT2D eigenvalue weighted by atomic mass is 19.3. The van der Waals surface area contributed by atoms with Crippen molar-refractivity contribution in [3.8, 4) is 16.9 Å². The maximum Gasteiger partial charge on any atom is 0.426 e. The molecule has 36 heavy (non-hydrogen) atoms. The molecule has 0 bridgehead atoms. The van der Waals surface area contributed by atoms with Crippen molar-refractivity contribution in [3.05, 3.63) is 89.2 Å². The van der Waals surface area contributed by atoms with Gasteiger partial charge in [-0.2, -0.15) is 8.78 Å². The normalized spacial score (nSPS) is 22.4. The third-order valence-corrected chi connectivity index (χ3v) is 6.09. The summed E-state index contributed by atoms with van der Waals surface area (Å²) in [5, 5.41) is 10.8. The molecule has 1 saturated heterocycles. The van der Waals surface area contributed by atoms with Gasteiger partial charge in [-0.25, -0.2) is 13.2 Å². The molecule has 0 radical (unpaired) electrons. The number of hydrogen-bond donors (Lipinski definition) is 1. The van der Waals surface area contributed by atoms with Crippen molar-refractivity contribution in [1.29, 1.82) is 0 Å². The molecule has 1 heterocycles. The van der Waals surface area contributed by atoms with Crippen molar-refractivity contribution in [3.63, 3.8) is 0 Å². The Morgan fingerprint density at radius 3 is 1.89 bits per heavy atom. The molecular weight excluding hydrogens is 483 g/mol. The molecule has 0 saturated carbocycles. The summed E-state index contributed by atoms with van der Waals surface area (Å²) in [5.41, 5.74) is 0.926. The zero-order chi connectivity index (χ0) is 26.1. The first-order chi connectivity index (χ1) is 16.9. The first kappa shape index (κ1) is 26.1. The van der Waals surface area contributed by atoms with Crippen LogP contribution < -0.4 is 4.74 Å². The molecule has 0 unspecified atom stereocenters. The van der Waals surface area contributed by atoms with E-state index in [4.69, 9.17) is 9.47 Å². The van der Waals surface area contributed by atoms with E-state index in [2.05, 4.69) is 11.7 Å². The van der Waals surface area contributed by atoms with Crippen LogP contribution >= 0.6 is 0 Å². The Kier molecular flexibility index (Phi) is 7.10. The second-order valence-corrected chi connectivity index (χ2v) is 9.19. The summed E-state index contributed by atoms with van der Waals surface area (Å²) in [5.74, 6) is -7.76. The fourth-order valence-electron chi connectivity index (χ4n) is 4.07. The maximum absolute atomic E-state index is 14.5. The molecule has 1 aliphatic heterocycles. The van der Waals surface area contributed by atoms with Gasteiger partial charge < -0.3 is 19.3 Å². The van der Waals surface area contributed by atoms with Crippen molar-refractivity contribution in [1.82, 2.24) is 0 Å². The number of benzene rings is 3. The summed E-state index contributed by atoms with van der Waals surface area (Å²) in [4.78, 5) is 0. The van der Waals surface area contributed by atoms with Gasteiger partial charge in [-0.05, 0) is 29.7 Å². The van der Waals surface area contributed by atoms with E-state index >= 15 is 0 Å². The molecule has 0 amide bonds. The Hall–Kier alpha value is -3.01. The van der Waals surface area contributed by atoms with E-state index < -0.39 is 40.8 Å². The molecule has 0 spiro atoms. The van der Waals surface area contributed by atoms with Gasteiger partial charge in [0.2, 0.25) is 0 Å². The number of rotatable bonds is 7. The molecule has 1 aliphatic rings. The topological polar surface area (TPSA) is 47.9 Å². The molecule has 0 aromatic heterocycles. The first-order valence-electron chi connectivity index (χ1n) is 11.4. The summed E-state index contributed by atoms with van der Waals surface area (Å²) in [6.07, 6.45) is -2.05. The lowest BCUT2D eigenvalue weighted by Crippen LogP contribution is -2.46. The van der Waals surface area contributed by atoms with Crippen LogP contribution in [0.5, 0.6) is 5.75 Å². The zero-order valence-corrected chi connectivity index (χ0v) is 19.7. The van der Waals surface area contributed by atoms with E-state index in [9.17, 15) is 27.1 Å². The van der Waals surface area contributed by atoms with Crippen molar-refractivity contribution >= 4 is 0 Å². The van der Waals surface area contributed by atoms with Crippen LogP contribution in [0, 0.1) is 22.9 Å². The highest BCUT2D eigenvalue weighted by molar-refractivity contribution is 5.64. The van der Waals surface area contributed by atoms with Gasteiger partial charge >= 0.3 is 12.1 Å². The van der Waals surface area contributed by atoms with E-state index in [1.807, 2.05) is 6.92 Å². The van der Waals surface area contributed by atoms with Crippen LogP contribution in [-0.4, -0.2) is 18.3 Å². The molecule has 4 nitrogen and oxygen atoms in total. The Balaban J connectivity index is 1.46. The fourth-order valence-corrected chi connectivity index (χ4v) is 4.07. The van der Waals surface area contributed by atoms with E-state index in [0.717, 1.165) is 25.0 Å². The van der Waals surface area contributed by atoms with Gasteiger partial charge in [0.1, 0.15) is 5.75 Å². The minimum Gasteiger partial charge on any atom is -0.429 e. The van der Waals surface area contributed by atoms with E-state index in [0.29, 0.717) is 42.0 Å². The number of ether oxygens (including phenoxy) is 3. The second-order valence-electron chi connectivity index (χ2n) is 9.19. The second kappa shape index (κ2) is 9.80. The highest BCUT2D eigenvalue weighted by Gasteiger charge is 2.42. The Morgan fingerprint density at radius 2 is 1.39 bits per heavy atom. The lowest BCUT2D eigenvalue weighted by molar-refractivity contribution is -0.414. The molecule has 0 aliphatic carbocycles. The van der Waals surface area contributed by atoms with Crippen LogP contribution in [0.15, 0.2) is 60.7 Å². The van der Waals surface area contributed by atoms with E-state index in [1.165, 1.54) is 12.1 Å². The maximum atomic E-state index is 14.5. The monoisotopic (exact) mass is 508 g/mol. The number of halogens is 5. The summed E-state index contributed by atoms with van der Waals surface area (Å²) in [6, 6.07) is 12.4. The van der Waals surface area contributed by atoms with Crippen LogP contribution in [0.1, 0.15) is 37.8 Å². The minimum absolute atomic E-state index is 0.173. The van der Waals surface area contributed by atoms with Crippen molar-refractivity contribution in [2.45, 2.75) is 38.8 Å². The smallest absolute Gasteiger partial charge is 0.426 e. The van der Waals surface area contributed by atoms with Gasteiger partial charge in [0.05, 0.1) is 18.8 Å². The predicted molar refractivity (Wildman–Crippen MR) is 122 cm³/mol. The van der Waals surface area contributed by atoms with Crippen molar-refractivity contribution in [2.75, 3.05) is 13.2 Å². The third kappa shape index (κ3) is 5.38. The lowest BCUT2D eigenvalue weighted by atomic mass is 9.86. The standard InChI is InChI=1S/C27H25F5O4/c1-3-12-25(2)15-34-27(33,35-16-25)20-10-6-18(7-11-20)17-4-8-19(9-5-17)26(31,32)36-21-13-22(28)24(30)23(29)14-21/h4-11,13-14,33H,3,12,15-16H2,1-2H3. The van der Waals surface area contributed by atoms with E-state index in [-0.39, 0.29) is 5.41 Å². The lowest BCUT2D eigenvalue weighted by Gasteiger charge is -2.41. The SMILES string of the molecule is CCCC1(C)COC(O)(c2ccc(-c3ccc(C(F)(F)Oc4cc(F)c(F)c(F)c4)cc3)cc2)OC1. The molecule has 0 atom stereocenters. The highest BCUT2D eigenvalue weighted by Crippen LogP contribution is 2.38. The van der Waals surface area contributed by atoms with Crippen LogP contribution in [0.25, 0.3) is 11.1 Å². The third-order valence-electron chi connectivity index (χ3n) is 6.09. The van der Waals surface area contributed by atoms with Gasteiger partial charge in [-0.15, -0.1) is 0 Å². The molecule has 1 N–H and O–H groups in total. The number of hydrogen-bond acceptors (Lipinski definition) is 4. The molecule has 4 rings (SSSR count). The Bertz CT molecular complexity index is 1180. The summed E-state index contributed by atoms with van der Waals surface area (Å²) >= 11 is 0. The zero-order valence-electron chi connectivity index (χ0n) is 19.7. The largest absolute Gasteiger partial charge is 0.429 e. The average Bonchev–Trinajstić information content (AvgIpc) is 2.85. The van der Waals surface area contributed by atoms with E-state index in [1.54, 1.807) is 24.3 Å². The summed E-state index contributed by atoms with van der Waals surface area (Å²) in [7, 11) is 0. The van der Waals surface area contributed by atoms with Crippen LogP contribution in [0.3, 0.4) is 0 Å². The van der Waals surface area contributed by atoms with Gasteiger partial charge in [0, 0.05) is 23.1 Å². The van der Waals surface area contributed by atoms with Crippen molar-refractivity contribution < 1.29 is 41.3 Å². The Labute approximate surface area is 205 Å². The summed E-state index contributed by atoms with van der Waals surface area (Å²) in [6.45, 7) is 4.79. The summed E-state index contributed by atoms with van der Waals surface area (Å²) < 4.78 is 84.5. The van der Waals surface area contributed by atoms with Gasteiger partial charge in [-0.3, -0.25) is 0 Å². The quantitative estimate of drug-likeness (QED) is 0.280. The van der Waals surface area contributed by atoms with Gasteiger partial charge in [0.15, 0.2) is 17.5 Å². The van der Waals surface area contributed by atoms with Gasteiger partial charge in [-0.1, -0.05) is 56.7 Å². The predicted octanol–water partition coefficient (Wildman–Crippen LogP) is 6.86. The average molecular weight is 508 g/mol. The number of alkyl halides is 2. The molecule has 192 valence electrons. The Morgan fingerprint density at radius 1 is 0.889 bits per heavy atom. The molecule has 3 aromatic carbocycles. The van der Waals surface area contributed by atoms with Crippen LogP contribution in [0.2, 0.25) is 0 Å².